The van der Waals surface area contributed by atoms with Crippen molar-refractivity contribution in [3.05, 3.63) is 58.7 Å². The molecule has 0 saturated heterocycles. The molecule has 0 spiro atoms. The molecule has 4 nitrogen and oxygen atoms in total. The molecule has 0 aliphatic rings. The number of aliphatic imine (C=N–C) groups is 2. The zero-order valence-corrected chi connectivity index (χ0v) is 15.0. The number of hydrogen-bond donors (Lipinski definition) is 0. The molecule has 0 fully saturated rings. The van der Waals surface area contributed by atoms with E-state index in [1.165, 1.54) is 5.56 Å². The van der Waals surface area contributed by atoms with E-state index in [9.17, 15) is 9.59 Å². The third kappa shape index (κ3) is 4.60. The van der Waals surface area contributed by atoms with Crippen molar-refractivity contribution in [3.63, 3.8) is 0 Å². The zero-order chi connectivity index (χ0) is 18.4. The molecule has 0 aromatic heterocycles. The van der Waals surface area contributed by atoms with Crippen LogP contribution in [0.25, 0.3) is 0 Å². The van der Waals surface area contributed by atoms with E-state index in [1.807, 2.05) is 12.1 Å². The molecule has 0 N–H and O–H groups in total. The van der Waals surface area contributed by atoms with Crippen LogP contribution in [0.3, 0.4) is 0 Å². The fourth-order valence-electron chi connectivity index (χ4n) is 2.88. The second-order valence-electron chi connectivity index (χ2n) is 6.68. The molecule has 0 unspecified atom stereocenters. The Morgan fingerprint density at radius 3 is 1.76 bits per heavy atom. The Labute approximate surface area is 148 Å². The van der Waals surface area contributed by atoms with Gasteiger partial charge >= 0.3 is 0 Å². The number of nitrogens with zero attached hydrogens (tertiary/aromatic N) is 2. The van der Waals surface area contributed by atoms with Crippen molar-refractivity contribution in [3.8, 4) is 0 Å². The van der Waals surface area contributed by atoms with Crippen LogP contribution in [0.15, 0.2) is 46.4 Å². The number of hydrogen-bond acceptors (Lipinski definition) is 4. The van der Waals surface area contributed by atoms with Crippen LogP contribution in [0.5, 0.6) is 0 Å². The molecule has 0 aliphatic heterocycles. The monoisotopic (exact) mass is 334 g/mol. The molecule has 0 bridgehead atoms. The molecular weight excluding hydrogens is 312 g/mol. The van der Waals surface area contributed by atoms with E-state index >= 15 is 0 Å². The van der Waals surface area contributed by atoms with Gasteiger partial charge in [-0.25, -0.2) is 9.59 Å². The van der Waals surface area contributed by atoms with Gasteiger partial charge in [0.25, 0.3) is 0 Å². The fourth-order valence-corrected chi connectivity index (χ4v) is 2.88. The van der Waals surface area contributed by atoms with Gasteiger partial charge in [0.1, 0.15) is 0 Å². The maximum absolute atomic E-state index is 10.9. The molecule has 2 rings (SSSR count). The molecule has 25 heavy (non-hydrogen) atoms. The standard InChI is InChI=1S/C21H22N2O2/c1-14(2)19-10-17(11-20(15(3)4)21(19)23-13-25)9-16-5-7-18(8-6-16)22-12-24/h5-8,10-11,14-15H,9H2,1-4H3. The highest BCUT2D eigenvalue weighted by atomic mass is 16.1. The van der Waals surface area contributed by atoms with E-state index in [0.29, 0.717) is 5.69 Å². The van der Waals surface area contributed by atoms with Gasteiger partial charge in [-0.3, -0.25) is 0 Å². The summed E-state index contributed by atoms with van der Waals surface area (Å²) in [7, 11) is 0. The molecule has 2 aromatic carbocycles. The van der Waals surface area contributed by atoms with Gasteiger partial charge in [0.15, 0.2) is 0 Å². The lowest BCUT2D eigenvalue weighted by atomic mass is 9.89. The predicted octanol–water partition coefficient (Wildman–Crippen LogP) is 5.46. The quantitative estimate of drug-likeness (QED) is 0.520. The highest BCUT2D eigenvalue weighted by Crippen LogP contribution is 2.36. The molecule has 0 heterocycles. The van der Waals surface area contributed by atoms with E-state index in [-0.39, 0.29) is 11.8 Å². The summed E-state index contributed by atoms with van der Waals surface area (Å²) in [5, 5.41) is 0. The van der Waals surface area contributed by atoms with E-state index in [2.05, 4.69) is 49.8 Å². The molecule has 0 amide bonds. The minimum Gasteiger partial charge on any atom is -0.211 e. The summed E-state index contributed by atoms with van der Waals surface area (Å²) in [6.07, 6.45) is 4.00. The van der Waals surface area contributed by atoms with Gasteiger partial charge in [0, 0.05) is 0 Å². The highest BCUT2D eigenvalue weighted by molar-refractivity contribution is 5.62. The van der Waals surface area contributed by atoms with Crippen molar-refractivity contribution in [1.82, 2.24) is 0 Å². The second-order valence-corrected chi connectivity index (χ2v) is 6.68. The van der Waals surface area contributed by atoms with Crippen LogP contribution in [0.1, 0.15) is 61.8 Å². The van der Waals surface area contributed by atoms with Crippen LogP contribution >= 0.6 is 0 Å². The van der Waals surface area contributed by atoms with Gasteiger partial charge < -0.3 is 0 Å². The van der Waals surface area contributed by atoms with E-state index < -0.39 is 0 Å². The van der Waals surface area contributed by atoms with Crippen molar-refractivity contribution < 1.29 is 9.59 Å². The molecule has 0 saturated carbocycles. The SMILES string of the molecule is CC(C)c1cc(Cc2ccc(N=C=O)cc2)cc(C(C)C)c1N=C=O. The minimum atomic E-state index is 0.258. The summed E-state index contributed by atoms with van der Waals surface area (Å²) in [5.74, 6) is 0.516. The van der Waals surface area contributed by atoms with Crippen LogP contribution in [-0.4, -0.2) is 12.2 Å². The average Bonchev–Trinajstić information content (AvgIpc) is 2.57. The largest absolute Gasteiger partial charge is 0.240 e. The Hall–Kier alpha value is -2.80. The maximum Gasteiger partial charge on any atom is 0.240 e. The lowest BCUT2D eigenvalue weighted by molar-refractivity contribution is 0.564. The Morgan fingerprint density at radius 2 is 1.32 bits per heavy atom. The average molecular weight is 334 g/mol. The Morgan fingerprint density at radius 1 is 0.800 bits per heavy atom. The van der Waals surface area contributed by atoms with Crippen LogP contribution in [0, 0.1) is 0 Å². The van der Waals surface area contributed by atoms with Crippen LogP contribution in [0.4, 0.5) is 11.4 Å². The summed E-state index contributed by atoms with van der Waals surface area (Å²) in [6, 6.07) is 11.7. The third-order valence-corrected chi connectivity index (χ3v) is 4.15. The van der Waals surface area contributed by atoms with Gasteiger partial charge in [0.2, 0.25) is 12.2 Å². The maximum atomic E-state index is 10.9. The van der Waals surface area contributed by atoms with Crippen LogP contribution in [-0.2, 0) is 16.0 Å². The van der Waals surface area contributed by atoms with Crippen LogP contribution < -0.4 is 0 Å². The molecular formula is C21H22N2O2. The summed E-state index contributed by atoms with van der Waals surface area (Å²) >= 11 is 0. The lowest BCUT2D eigenvalue weighted by Gasteiger charge is -2.18. The summed E-state index contributed by atoms with van der Waals surface area (Å²) < 4.78 is 0. The van der Waals surface area contributed by atoms with Gasteiger partial charge in [-0.2, -0.15) is 9.98 Å². The molecule has 2 aromatic rings. The molecule has 0 aliphatic carbocycles. The second kappa shape index (κ2) is 8.34. The predicted molar refractivity (Wildman–Crippen MR) is 99.4 cm³/mol. The number of benzene rings is 2. The Bertz CT molecular complexity index is 810. The van der Waals surface area contributed by atoms with Crippen molar-refractivity contribution in [2.24, 2.45) is 9.98 Å². The number of carbonyl (C=O) groups excluding carboxylic acids is 2. The molecule has 4 heteroatoms. The topological polar surface area (TPSA) is 58.9 Å². The molecule has 0 atom stereocenters. The first kappa shape index (κ1) is 18.5. The fraction of sp³-hybridized carbons (Fsp3) is 0.333. The first-order chi connectivity index (χ1) is 12.0. The third-order valence-electron chi connectivity index (χ3n) is 4.15. The minimum absolute atomic E-state index is 0.258. The van der Waals surface area contributed by atoms with Gasteiger partial charge in [-0.1, -0.05) is 52.0 Å². The van der Waals surface area contributed by atoms with Crippen LogP contribution in [0.2, 0.25) is 0 Å². The summed E-state index contributed by atoms with van der Waals surface area (Å²) in [4.78, 5) is 28.7. The van der Waals surface area contributed by atoms with Crippen molar-refractivity contribution in [2.45, 2.75) is 46.0 Å². The van der Waals surface area contributed by atoms with E-state index in [1.54, 1.807) is 24.3 Å². The van der Waals surface area contributed by atoms with E-state index in [4.69, 9.17) is 0 Å². The lowest BCUT2D eigenvalue weighted by Crippen LogP contribution is -2.00. The van der Waals surface area contributed by atoms with E-state index in [0.717, 1.165) is 28.8 Å². The smallest absolute Gasteiger partial charge is 0.211 e. The van der Waals surface area contributed by atoms with Gasteiger partial charge in [-0.15, -0.1) is 0 Å². The molecule has 128 valence electrons. The molecule has 0 radical (unpaired) electrons. The summed E-state index contributed by atoms with van der Waals surface area (Å²) in [5.41, 5.74) is 5.77. The van der Waals surface area contributed by atoms with Crippen molar-refractivity contribution in [2.75, 3.05) is 0 Å². The summed E-state index contributed by atoms with van der Waals surface area (Å²) in [6.45, 7) is 8.39. The Balaban J connectivity index is 2.47. The normalized spacial score (nSPS) is 10.5. The van der Waals surface area contributed by atoms with Gasteiger partial charge in [0.05, 0.1) is 11.4 Å². The Kier molecular flexibility index (Phi) is 6.19. The number of rotatable bonds is 6. The zero-order valence-electron chi connectivity index (χ0n) is 15.0. The van der Waals surface area contributed by atoms with Gasteiger partial charge in [-0.05, 0) is 52.6 Å². The van der Waals surface area contributed by atoms with Crippen molar-refractivity contribution >= 4 is 23.5 Å². The number of isocyanates is 2. The first-order valence-corrected chi connectivity index (χ1v) is 8.37. The van der Waals surface area contributed by atoms with Crippen molar-refractivity contribution in [1.29, 1.82) is 0 Å². The highest BCUT2D eigenvalue weighted by Gasteiger charge is 2.16. The first-order valence-electron chi connectivity index (χ1n) is 8.37.